The molecule has 2 fully saturated rings. The van der Waals surface area contributed by atoms with Crippen molar-refractivity contribution in [3.63, 3.8) is 0 Å². The van der Waals surface area contributed by atoms with Gasteiger partial charge in [-0.25, -0.2) is 0 Å². The lowest BCUT2D eigenvalue weighted by molar-refractivity contribution is 0.101. The lowest BCUT2D eigenvalue weighted by Gasteiger charge is -2.25. The summed E-state index contributed by atoms with van der Waals surface area (Å²) in [6.07, 6.45) is 10.4. The van der Waals surface area contributed by atoms with E-state index in [0.29, 0.717) is 5.92 Å². The Morgan fingerprint density at radius 2 is 2.06 bits per heavy atom. The molecule has 1 N–H and O–H groups in total. The number of rotatable bonds is 6. The second-order valence-corrected chi connectivity index (χ2v) is 6.45. The Kier molecular flexibility index (Phi) is 4.29. The molecule has 0 aromatic rings. The smallest absolute Gasteiger partial charge is 0.0545 e. The molecule has 2 saturated carbocycles. The van der Waals surface area contributed by atoms with Crippen LogP contribution in [0.25, 0.3) is 0 Å². The molecule has 2 aliphatic rings. The van der Waals surface area contributed by atoms with Crippen molar-refractivity contribution in [2.24, 2.45) is 23.7 Å². The van der Waals surface area contributed by atoms with Gasteiger partial charge in [0, 0.05) is 0 Å². The molecule has 2 rings (SSSR count). The molecule has 1 nitrogen and oxygen atoms in total. The summed E-state index contributed by atoms with van der Waals surface area (Å²) in [5.41, 5.74) is 0. The van der Waals surface area contributed by atoms with Crippen molar-refractivity contribution in [1.82, 2.24) is 0 Å². The van der Waals surface area contributed by atoms with Crippen molar-refractivity contribution < 1.29 is 5.11 Å². The van der Waals surface area contributed by atoms with Crippen LogP contribution in [0.1, 0.15) is 65.2 Å². The fraction of sp³-hybridized carbons (Fsp3) is 1.00. The summed E-state index contributed by atoms with van der Waals surface area (Å²) in [5.74, 6) is 3.57. The first-order chi connectivity index (χ1) is 7.69. The minimum Gasteiger partial charge on any atom is -0.393 e. The summed E-state index contributed by atoms with van der Waals surface area (Å²) in [6.45, 7) is 4.52. The maximum atomic E-state index is 10.1. The van der Waals surface area contributed by atoms with Crippen molar-refractivity contribution in [3.05, 3.63) is 0 Å². The lowest BCUT2D eigenvalue weighted by Crippen LogP contribution is -2.20. The Labute approximate surface area is 101 Å². The van der Waals surface area contributed by atoms with Crippen molar-refractivity contribution in [2.75, 3.05) is 0 Å². The zero-order chi connectivity index (χ0) is 11.5. The van der Waals surface area contributed by atoms with Gasteiger partial charge in [0.05, 0.1) is 6.10 Å². The third-order valence-corrected chi connectivity index (χ3v) is 4.92. The van der Waals surface area contributed by atoms with Crippen LogP contribution in [0.5, 0.6) is 0 Å². The van der Waals surface area contributed by atoms with E-state index in [0.717, 1.165) is 30.6 Å². The van der Waals surface area contributed by atoms with Gasteiger partial charge >= 0.3 is 0 Å². The summed E-state index contributed by atoms with van der Waals surface area (Å²) in [5, 5.41) is 10.1. The Bertz CT molecular complexity index is 213. The minimum atomic E-state index is -0.0223. The second-order valence-electron chi connectivity index (χ2n) is 6.45. The van der Waals surface area contributed by atoms with Crippen LogP contribution in [0, 0.1) is 23.7 Å². The second kappa shape index (κ2) is 5.53. The van der Waals surface area contributed by atoms with Crippen LogP contribution in [0.3, 0.4) is 0 Å². The van der Waals surface area contributed by atoms with E-state index in [9.17, 15) is 5.11 Å². The lowest BCUT2D eigenvalue weighted by atomic mass is 9.83. The van der Waals surface area contributed by atoms with Crippen LogP contribution in [0.4, 0.5) is 0 Å². The molecular weight excluding hydrogens is 196 g/mol. The summed E-state index contributed by atoms with van der Waals surface area (Å²) >= 11 is 0. The molecule has 1 heteroatoms. The summed E-state index contributed by atoms with van der Waals surface area (Å²) < 4.78 is 0. The van der Waals surface area contributed by atoms with Crippen LogP contribution in [-0.4, -0.2) is 11.2 Å². The maximum absolute atomic E-state index is 10.1. The normalized spacial score (nSPS) is 36.6. The number of aliphatic hydroxyl groups excluding tert-OH is 1. The highest BCUT2D eigenvalue weighted by molar-refractivity contribution is 4.90. The van der Waals surface area contributed by atoms with E-state index in [1.54, 1.807) is 0 Å². The number of fused-ring (bicyclic) bond motifs is 2. The van der Waals surface area contributed by atoms with Gasteiger partial charge < -0.3 is 5.11 Å². The highest BCUT2D eigenvalue weighted by Crippen LogP contribution is 2.50. The van der Waals surface area contributed by atoms with Crippen LogP contribution in [-0.2, 0) is 0 Å². The highest BCUT2D eigenvalue weighted by Gasteiger charge is 2.39. The molecule has 0 aliphatic heterocycles. The molecule has 0 spiro atoms. The zero-order valence-electron chi connectivity index (χ0n) is 11.0. The van der Waals surface area contributed by atoms with Crippen molar-refractivity contribution in [1.29, 1.82) is 0 Å². The molecule has 0 heterocycles. The largest absolute Gasteiger partial charge is 0.393 e. The molecular formula is C15H28O. The predicted octanol–water partition coefficient (Wildman–Crippen LogP) is 4.00. The quantitative estimate of drug-likeness (QED) is 0.723. The number of aliphatic hydroxyl groups is 1. The molecule has 16 heavy (non-hydrogen) atoms. The van der Waals surface area contributed by atoms with E-state index in [4.69, 9.17) is 0 Å². The summed E-state index contributed by atoms with van der Waals surface area (Å²) in [6, 6.07) is 0. The first-order valence-corrected chi connectivity index (χ1v) is 7.37. The molecule has 0 aromatic heterocycles. The van der Waals surface area contributed by atoms with Crippen molar-refractivity contribution in [3.8, 4) is 0 Å². The van der Waals surface area contributed by atoms with Gasteiger partial charge in [-0.05, 0) is 55.8 Å². The first-order valence-electron chi connectivity index (χ1n) is 7.37. The molecule has 0 amide bonds. The summed E-state index contributed by atoms with van der Waals surface area (Å²) in [4.78, 5) is 0. The fourth-order valence-corrected chi connectivity index (χ4v) is 4.19. The van der Waals surface area contributed by atoms with Crippen LogP contribution in [0.15, 0.2) is 0 Å². The monoisotopic (exact) mass is 224 g/mol. The average molecular weight is 224 g/mol. The highest BCUT2D eigenvalue weighted by atomic mass is 16.3. The van der Waals surface area contributed by atoms with E-state index in [1.165, 1.54) is 38.5 Å². The zero-order valence-corrected chi connectivity index (χ0v) is 11.0. The Morgan fingerprint density at radius 1 is 1.25 bits per heavy atom. The average Bonchev–Trinajstić information content (AvgIpc) is 2.78. The van der Waals surface area contributed by atoms with Gasteiger partial charge in [-0.3, -0.25) is 0 Å². The SMILES string of the molecule is CCCC(C)CC(O)CC1CC2CCC1C2. The maximum Gasteiger partial charge on any atom is 0.0545 e. The molecule has 94 valence electrons. The third kappa shape index (κ3) is 3.00. The van der Waals surface area contributed by atoms with Gasteiger partial charge in [0.15, 0.2) is 0 Å². The van der Waals surface area contributed by atoms with E-state index in [1.807, 2.05) is 0 Å². The topological polar surface area (TPSA) is 20.2 Å². The predicted molar refractivity (Wildman–Crippen MR) is 68.3 cm³/mol. The van der Waals surface area contributed by atoms with Gasteiger partial charge in [-0.1, -0.05) is 33.1 Å². The van der Waals surface area contributed by atoms with Crippen molar-refractivity contribution >= 4 is 0 Å². The Balaban J connectivity index is 1.69. The standard InChI is InChI=1S/C15H28O/c1-3-4-11(2)7-15(16)10-14-9-12-5-6-13(14)8-12/h11-16H,3-10H2,1-2H3. The number of hydrogen-bond donors (Lipinski definition) is 1. The van der Waals surface area contributed by atoms with E-state index in [2.05, 4.69) is 13.8 Å². The summed E-state index contributed by atoms with van der Waals surface area (Å²) in [7, 11) is 0. The minimum absolute atomic E-state index is 0.0223. The van der Waals surface area contributed by atoms with Gasteiger partial charge in [-0.15, -0.1) is 0 Å². The molecule has 5 atom stereocenters. The van der Waals surface area contributed by atoms with E-state index < -0.39 is 0 Å². The molecule has 2 aliphatic carbocycles. The number of hydrogen-bond acceptors (Lipinski definition) is 1. The van der Waals surface area contributed by atoms with Gasteiger partial charge in [0.2, 0.25) is 0 Å². The van der Waals surface area contributed by atoms with Crippen molar-refractivity contribution in [2.45, 2.75) is 71.3 Å². The molecule has 0 radical (unpaired) electrons. The van der Waals surface area contributed by atoms with Gasteiger partial charge in [0.25, 0.3) is 0 Å². The molecule has 0 saturated heterocycles. The fourth-order valence-electron chi connectivity index (χ4n) is 4.19. The van der Waals surface area contributed by atoms with Crippen LogP contribution >= 0.6 is 0 Å². The molecule has 2 bridgehead atoms. The van der Waals surface area contributed by atoms with Gasteiger partial charge in [0.1, 0.15) is 0 Å². The van der Waals surface area contributed by atoms with Crippen LogP contribution in [0.2, 0.25) is 0 Å². The van der Waals surface area contributed by atoms with E-state index >= 15 is 0 Å². The first kappa shape index (κ1) is 12.4. The Hall–Kier alpha value is -0.0400. The van der Waals surface area contributed by atoms with Gasteiger partial charge in [-0.2, -0.15) is 0 Å². The van der Waals surface area contributed by atoms with Crippen LogP contribution < -0.4 is 0 Å². The Morgan fingerprint density at radius 3 is 2.62 bits per heavy atom. The molecule has 5 unspecified atom stereocenters. The third-order valence-electron chi connectivity index (χ3n) is 4.92. The molecule has 0 aromatic carbocycles. The van der Waals surface area contributed by atoms with E-state index in [-0.39, 0.29) is 6.10 Å².